The second-order valence-corrected chi connectivity index (χ2v) is 10.6. The highest BCUT2D eigenvalue weighted by molar-refractivity contribution is 7.91. The lowest BCUT2D eigenvalue weighted by molar-refractivity contribution is -0.123. The molecule has 1 aromatic rings. The molecular weight excluding hydrogens is 348 g/mol. The first-order chi connectivity index (χ1) is 10.9. The summed E-state index contributed by atoms with van der Waals surface area (Å²) in [4.78, 5) is 26.8. The van der Waals surface area contributed by atoms with Gasteiger partial charge in [0.2, 0.25) is 5.91 Å². The Bertz CT molecular complexity index is 760. The third-order valence-electron chi connectivity index (χ3n) is 4.11. The van der Waals surface area contributed by atoms with Crippen LogP contribution in [0.5, 0.6) is 0 Å². The summed E-state index contributed by atoms with van der Waals surface area (Å²) in [5.74, 6) is -0.160. The Morgan fingerprint density at radius 1 is 1.33 bits per heavy atom. The van der Waals surface area contributed by atoms with Crippen molar-refractivity contribution in [1.29, 1.82) is 0 Å². The molecule has 134 valence electrons. The molecule has 1 aromatic heterocycles. The fourth-order valence-corrected chi connectivity index (χ4v) is 5.29. The Kier molecular flexibility index (Phi) is 5.11. The molecule has 1 aliphatic heterocycles. The second kappa shape index (κ2) is 6.48. The molecule has 1 fully saturated rings. The Labute approximate surface area is 147 Å². The van der Waals surface area contributed by atoms with Crippen LogP contribution < -0.4 is 5.32 Å². The standard InChI is InChI=1S/C16H24N2O4S2/c1-10-8-12(17-15(20)16(2,3)4)23-13(10)14(19)18(5)11-6-7-24(21,22)9-11/h8,11H,6-7,9H2,1-5H3,(H,17,20). The second-order valence-electron chi connectivity index (χ2n) is 7.30. The number of hydrogen-bond donors (Lipinski definition) is 1. The Balaban J connectivity index is 2.14. The van der Waals surface area contributed by atoms with Crippen LogP contribution in [0.25, 0.3) is 0 Å². The van der Waals surface area contributed by atoms with Crippen molar-refractivity contribution in [2.45, 2.75) is 40.2 Å². The first-order valence-electron chi connectivity index (χ1n) is 7.80. The fourth-order valence-electron chi connectivity index (χ4n) is 2.46. The third-order valence-corrected chi connectivity index (χ3v) is 7.00. The van der Waals surface area contributed by atoms with Crippen LogP contribution in [0.2, 0.25) is 0 Å². The summed E-state index contributed by atoms with van der Waals surface area (Å²) < 4.78 is 23.2. The number of carbonyl (C=O) groups excluding carboxylic acids is 2. The lowest BCUT2D eigenvalue weighted by Gasteiger charge is -2.23. The molecule has 0 aliphatic carbocycles. The number of anilines is 1. The van der Waals surface area contributed by atoms with E-state index in [0.717, 1.165) is 5.56 Å². The zero-order chi connectivity index (χ0) is 18.3. The number of carbonyl (C=O) groups is 2. The van der Waals surface area contributed by atoms with E-state index >= 15 is 0 Å². The molecule has 1 saturated heterocycles. The van der Waals surface area contributed by atoms with E-state index in [9.17, 15) is 18.0 Å². The molecule has 0 saturated carbocycles. The zero-order valence-corrected chi connectivity index (χ0v) is 16.3. The molecule has 1 unspecified atom stereocenters. The van der Waals surface area contributed by atoms with Crippen LogP contribution in [0.4, 0.5) is 5.00 Å². The van der Waals surface area contributed by atoms with Gasteiger partial charge in [0, 0.05) is 18.5 Å². The molecule has 8 heteroatoms. The van der Waals surface area contributed by atoms with E-state index in [-0.39, 0.29) is 29.4 Å². The van der Waals surface area contributed by atoms with Gasteiger partial charge in [-0.3, -0.25) is 9.59 Å². The summed E-state index contributed by atoms with van der Waals surface area (Å²) in [7, 11) is -1.40. The van der Waals surface area contributed by atoms with Gasteiger partial charge in [-0.1, -0.05) is 20.8 Å². The van der Waals surface area contributed by atoms with Gasteiger partial charge in [-0.15, -0.1) is 11.3 Å². The van der Waals surface area contributed by atoms with Crippen molar-refractivity contribution in [3.63, 3.8) is 0 Å². The highest BCUT2D eigenvalue weighted by Gasteiger charge is 2.34. The van der Waals surface area contributed by atoms with Gasteiger partial charge in [0.05, 0.1) is 21.4 Å². The number of amides is 2. The summed E-state index contributed by atoms with van der Waals surface area (Å²) in [6, 6.07) is 1.50. The van der Waals surface area contributed by atoms with Gasteiger partial charge in [0.15, 0.2) is 9.84 Å². The van der Waals surface area contributed by atoms with E-state index in [0.29, 0.717) is 16.3 Å². The first-order valence-corrected chi connectivity index (χ1v) is 10.4. The third kappa shape index (κ3) is 4.16. The molecule has 24 heavy (non-hydrogen) atoms. The smallest absolute Gasteiger partial charge is 0.264 e. The van der Waals surface area contributed by atoms with Gasteiger partial charge in [0.25, 0.3) is 5.91 Å². The van der Waals surface area contributed by atoms with Crippen molar-refractivity contribution in [2.75, 3.05) is 23.9 Å². The Morgan fingerprint density at radius 3 is 2.46 bits per heavy atom. The number of nitrogens with zero attached hydrogens (tertiary/aromatic N) is 1. The normalized spacial score (nSPS) is 20.0. The van der Waals surface area contributed by atoms with Crippen LogP contribution in [-0.2, 0) is 14.6 Å². The van der Waals surface area contributed by atoms with Gasteiger partial charge >= 0.3 is 0 Å². The molecule has 0 radical (unpaired) electrons. The lowest BCUT2D eigenvalue weighted by Crippen LogP contribution is -2.37. The van der Waals surface area contributed by atoms with Gasteiger partial charge in [-0.2, -0.15) is 0 Å². The van der Waals surface area contributed by atoms with Crippen LogP contribution in [0.15, 0.2) is 6.07 Å². The molecule has 0 bridgehead atoms. The zero-order valence-electron chi connectivity index (χ0n) is 14.7. The first kappa shape index (κ1) is 18.9. The maximum absolute atomic E-state index is 12.7. The van der Waals surface area contributed by atoms with Crippen molar-refractivity contribution < 1.29 is 18.0 Å². The monoisotopic (exact) mass is 372 g/mol. The van der Waals surface area contributed by atoms with Crippen LogP contribution in [0.1, 0.15) is 42.4 Å². The molecule has 1 atom stereocenters. The van der Waals surface area contributed by atoms with Crippen molar-refractivity contribution in [3.05, 3.63) is 16.5 Å². The van der Waals surface area contributed by atoms with E-state index in [1.165, 1.54) is 16.2 Å². The predicted octanol–water partition coefficient (Wildman–Crippen LogP) is 2.30. The highest BCUT2D eigenvalue weighted by atomic mass is 32.2. The maximum Gasteiger partial charge on any atom is 0.264 e. The van der Waals surface area contributed by atoms with Crippen molar-refractivity contribution >= 4 is 38.0 Å². The van der Waals surface area contributed by atoms with Crippen LogP contribution in [-0.4, -0.2) is 49.7 Å². The van der Waals surface area contributed by atoms with Gasteiger partial charge in [-0.25, -0.2) is 8.42 Å². The van der Waals surface area contributed by atoms with Crippen LogP contribution >= 0.6 is 11.3 Å². The number of nitrogens with one attached hydrogen (secondary N) is 1. The fraction of sp³-hybridized carbons (Fsp3) is 0.625. The van der Waals surface area contributed by atoms with Crippen LogP contribution in [0.3, 0.4) is 0 Å². The van der Waals surface area contributed by atoms with Gasteiger partial charge in [0.1, 0.15) is 0 Å². The molecule has 0 spiro atoms. The predicted molar refractivity (Wildman–Crippen MR) is 96.3 cm³/mol. The van der Waals surface area contributed by atoms with Gasteiger partial charge < -0.3 is 10.2 Å². The molecule has 0 aromatic carbocycles. The van der Waals surface area contributed by atoms with Gasteiger partial charge in [-0.05, 0) is 25.0 Å². The number of hydrogen-bond acceptors (Lipinski definition) is 5. The number of rotatable bonds is 3. The van der Waals surface area contributed by atoms with Crippen molar-refractivity contribution in [3.8, 4) is 0 Å². The SMILES string of the molecule is Cc1cc(NC(=O)C(C)(C)C)sc1C(=O)N(C)C1CCS(=O)(=O)C1. The highest BCUT2D eigenvalue weighted by Crippen LogP contribution is 2.30. The Hall–Kier alpha value is -1.41. The maximum atomic E-state index is 12.7. The molecule has 2 rings (SSSR count). The average Bonchev–Trinajstić information content (AvgIpc) is 2.98. The quantitative estimate of drug-likeness (QED) is 0.882. The largest absolute Gasteiger partial charge is 0.337 e. The summed E-state index contributed by atoms with van der Waals surface area (Å²) in [5, 5.41) is 3.46. The summed E-state index contributed by atoms with van der Waals surface area (Å²) in [6.07, 6.45) is 0.475. The Morgan fingerprint density at radius 2 is 1.96 bits per heavy atom. The molecular formula is C16H24N2O4S2. The minimum absolute atomic E-state index is 0.0211. The van der Waals surface area contributed by atoms with E-state index in [2.05, 4.69) is 5.32 Å². The number of sulfone groups is 1. The lowest BCUT2D eigenvalue weighted by atomic mass is 9.96. The summed E-state index contributed by atoms with van der Waals surface area (Å²) >= 11 is 1.23. The minimum atomic E-state index is -3.04. The summed E-state index contributed by atoms with van der Waals surface area (Å²) in [6.45, 7) is 7.28. The number of aryl methyl sites for hydroxylation is 1. The molecule has 2 amide bonds. The van der Waals surface area contributed by atoms with E-state index in [4.69, 9.17) is 0 Å². The summed E-state index contributed by atoms with van der Waals surface area (Å²) in [5.41, 5.74) is 0.263. The average molecular weight is 373 g/mol. The van der Waals surface area contributed by atoms with E-state index in [1.807, 2.05) is 27.7 Å². The topological polar surface area (TPSA) is 83.6 Å². The van der Waals surface area contributed by atoms with Crippen molar-refractivity contribution in [1.82, 2.24) is 4.90 Å². The minimum Gasteiger partial charge on any atom is -0.337 e. The van der Waals surface area contributed by atoms with Crippen LogP contribution in [0, 0.1) is 12.3 Å². The molecule has 2 heterocycles. The van der Waals surface area contributed by atoms with E-state index < -0.39 is 15.3 Å². The molecule has 1 aliphatic rings. The van der Waals surface area contributed by atoms with E-state index in [1.54, 1.807) is 13.1 Å². The molecule has 1 N–H and O–H groups in total. The van der Waals surface area contributed by atoms with Crippen molar-refractivity contribution in [2.24, 2.45) is 5.41 Å². The molecule has 6 nitrogen and oxygen atoms in total. The number of thiophene rings is 1.